The number of halogens is 1. The summed E-state index contributed by atoms with van der Waals surface area (Å²) in [5.74, 6) is -2.26. The van der Waals surface area contributed by atoms with E-state index in [1.54, 1.807) is 24.3 Å². The van der Waals surface area contributed by atoms with Crippen LogP contribution in [-0.2, 0) is 26.0 Å². The summed E-state index contributed by atoms with van der Waals surface area (Å²) in [6, 6.07) is 6.13. The van der Waals surface area contributed by atoms with E-state index in [0.717, 1.165) is 10.0 Å². The molecule has 1 amide bonds. The quantitative estimate of drug-likeness (QED) is 0.718. The van der Waals surface area contributed by atoms with Gasteiger partial charge in [0.2, 0.25) is 15.9 Å². The first-order chi connectivity index (χ1) is 10.7. The lowest BCUT2D eigenvalue weighted by Gasteiger charge is -2.25. The lowest BCUT2D eigenvalue weighted by molar-refractivity contribution is -0.148. The number of aliphatic carboxylic acids is 1. The first-order valence-corrected chi connectivity index (χ1v) is 9.44. The Morgan fingerprint density at radius 1 is 1.39 bits per heavy atom. The van der Waals surface area contributed by atoms with Crippen molar-refractivity contribution in [3.8, 4) is 0 Å². The molecule has 23 heavy (non-hydrogen) atoms. The van der Waals surface area contributed by atoms with Gasteiger partial charge < -0.3 is 10.0 Å². The van der Waals surface area contributed by atoms with Crippen molar-refractivity contribution >= 4 is 37.8 Å². The van der Waals surface area contributed by atoms with E-state index in [2.05, 4.69) is 15.9 Å². The van der Waals surface area contributed by atoms with E-state index >= 15 is 0 Å². The van der Waals surface area contributed by atoms with Gasteiger partial charge in [-0.3, -0.25) is 4.79 Å². The molecule has 0 saturated carbocycles. The molecule has 0 bridgehead atoms. The summed E-state index contributed by atoms with van der Waals surface area (Å²) in [4.78, 5) is 24.9. The molecule has 1 aromatic rings. The number of carbonyl (C=O) groups excluding carboxylic acids is 1. The van der Waals surface area contributed by atoms with E-state index in [9.17, 15) is 23.1 Å². The molecule has 2 rings (SSSR count). The Balaban J connectivity index is 2.13. The number of primary sulfonamides is 1. The van der Waals surface area contributed by atoms with Gasteiger partial charge in [-0.05, 0) is 17.7 Å². The Bertz CT molecular complexity index is 704. The Kier molecular flexibility index (Phi) is 5.43. The van der Waals surface area contributed by atoms with E-state index in [4.69, 9.17) is 5.14 Å². The van der Waals surface area contributed by atoms with Crippen molar-refractivity contribution in [1.82, 2.24) is 4.90 Å². The molecule has 1 saturated heterocycles. The van der Waals surface area contributed by atoms with Gasteiger partial charge in [-0.1, -0.05) is 28.1 Å². The average molecular weight is 405 g/mol. The van der Waals surface area contributed by atoms with Crippen LogP contribution >= 0.6 is 15.9 Å². The first-order valence-electron chi connectivity index (χ1n) is 6.93. The van der Waals surface area contributed by atoms with Gasteiger partial charge in [-0.25, -0.2) is 18.4 Å². The van der Waals surface area contributed by atoms with Crippen molar-refractivity contribution < 1.29 is 23.1 Å². The molecule has 9 heteroatoms. The Labute approximate surface area is 142 Å². The minimum atomic E-state index is -3.70. The van der Waals surface area contributed by atoms with Gasteiger partial charge in [0.05, 0.1) is 5.75 Å². The molecule has 1 fully saturated rings. The van der Waals surface area contributed by atoms with Crippen LogP contribution in [0.1, 0.15) is 12.0 Å². The molecule has 0 aliphatic carbocycles. The molecule has 1 aliphatic rings. The third-order valence-corrected chi connectivity index (χ3v) is 5.17. The number of rotatable bonds is 6. The summed E-state index contributed by atoms with van der Waals surface area (Å²) < 4.78 is 23.2. The summed E-state index contributed by atoms with van der Waals surface area (Å²) in [6.07, 6.45) is 0.164. The molecule has 1 aromatic carbocycles. The molecule has 2 atom stereocenters. The standard InChI is InChI=1S/C14H17BrN2O5S/c15-11-3-1-9(2-4-11)5-12(14(19)20)17-7-10(6-13(17)18)8-23(16,21)22/h1-4,10,12H,5-8H2,(H,19,20)(H2,16,21,22). The maximum atomic E-state index is 12.1. The lowest BCUT2D eigenvalue weighted by Crippen LogP contribution is -2.44. The van der Waals surface area contributed by atoms with Crippen LogP contribution in [-0.4, -0.2) is 48.6 Å². The zero-order valence-corrected chi connectivity index (χ0v) is 14.6. The SMILES string of the molecule is NS(=O)(=O)CC1CC(=O)N(C(Cc2ccc(Br)cc2)C(=O)O)C1. The van der Waals surface area contributed by atoms with Gasteiger partial charge in [-0.2, -0.15) is 0 Å². The number of likely N-dealkylation sites (tertiary alicyclic amines) is 1. The molecule has 1 heterocycles. The predicted molar refractivity (Wildman–Crippen MR) is 87.1 cm³/mol. The molecular weight excluding hydrogens is 388 g/mol. The number of nitrogens with zero attached hydrogens (tertiary/aromatic N) is 1. The lowest BCUT2D eigenvalue weighted by atomic mass is 10.0. The van der Waals surface area contributed by atoms with Crippen molar-refractivity contribution in [1.29, 1.82) is 0 Å². The maximum Gasteiger partial charge on any atom is 0.326 e. The number of carboxylic acids is 1. The fraction of sp³-hybridized carbons (Fsp3) is 0.429. The molecule has 2 unspecified atom stereocenters. The largest absolute Gasteiger partial charge is 0.480 e. The van der Waals surface area contributed by atoms with Gasteiger partial charge in [0.25, 0.3) is 0 Å². The van der Waals surface area contributed by atoms with Gasteiger partial charge >= 0.3 is 5.97 Å². The molecule has 3 N–H and O–H groups in total. The van der Waals surface area contributed by atoms with Gasteiger partial charge in [0.15, 0.2) is 0 Å². The second-order valence-corrected chi connectivity index (χ2v) is 8.21. The van der Waals surface area contributed by atoms with Crippen molar-refractivity contribution in [3.63, 3.8) is 0 Å². The van der Waals surface area contributed by atoms with E-state index in [0.29, 0.717) is 0 Å². The summed E-state index contributed by atoms with van der Waals surface area (Å²) in [7, 11) is -3.70. The number of carbonyl (C=O) groups is 2. The number of amides is 1. The molecule has 126 valence electrons. The molecular formula is C14H17BrN2O5S. The highest BCUT2D eigenvalue weighted by Gasteiger charge is 2.38. The predicted octanol–water partition coefficient (Wildman–Crippen LogP) is 0.582. The summed E-state index contributed by atoms with van der Waals surface area (Å²) in [6.45, 7) is 0.0861. The summed E-state index contributed by atoms with van der Waals surface area (Å²) in [5, 5.41) is 14.4. The van der Waals surface area contributed by atoms with Crippen LogP contribution in [0.5, 0.6) is 0 Å². The first kappa shape index (κ1) is 17.9. The number of carboxylic acid groups (broad SMARTS) is 1. The van der Waals surface area contributed by atoms with E-state index < -0.39 is 28.0 Å². The van der Waals surface area contributed by atoms with Crippen LogP contribution in [0.2, 0.25) is 0 Å². The third kappa shape index (κ3) is 5.02. The highest BCUT2D eigenvalue weighted by atomic mass is 79.9. The van der Waals surface area contributed by atoms with Crippen molar-refractivity contribution in [3.05, 3.63) is 34.3 Å². The van der Waals surface area contributed by atoms with Crippen LogP contribution in [0, 0.1) is 5.92 Å². The van der Waals surface area contributed by atoms with Crippen LogP contribution in [0.4, 0.5) is 0 Å². The smallest absolute Gasteiger partial charge is 0.326 e. The molecule has 0 radical (unpaired) electrons. The Morgan fingerprint density at radius 2 is 2.00 bits per heavy atom. The second-order valence-electron chi connectivity index (χ2n) is 5.63. The Morgan fingerprint density at radius 3 is 2.52 bits per heavy atom. The number of nitrogens with two attached hydrogens (primary N) is 1. The number of hydrogen-bond acceptors (Lipinski definition) is 4. The molecule has 1 aliphatic heterocycles. The van der Waals surface area contributed by atoms with E-state index in [1.807, 2.05) is 0 Å². The fourth-order valence-electron chi connectivity index (χ4n) is 2.72. The van der Waals surface area contributed by atoms with Crippen molar-refractivity contribution in [2.75, 3.05) is 12.3 Å². The number of sulfonamides is 1. The molecule has 0 spiro atoms. The van der Waals surface area contributed by atoms with Crippen LogP contribution < -0.4 is 5.14 Å². The minimum Gasteiger partial charge on any atom is -0.480 e. The zero-order valence-electron chi connectivity index (χ0n) is 12.2. The maximum absolute atomic E-state index is 12.1. The zero-order chi connectivity index (χ0) is 17.2. The van der Waals surface area contributed by atoms with Gasteiger partial charge in [0, 0.05) is 29.8 Å². The third-order valence-electron chi connectivity index (χ3n) is 3.71. The normalized spacial score (nSPS) is 19.8. The van der Waals surface area contributed by atoms with Crippen molar-refractivity contribution in [2.24, 2.45) is 11.1 Å². The summed E-state index contributed by atoms with van der Waals surface area (Å²) in [5.41, 5.74) is 0.781. The fourth-order valence-corrected chi connectivity index (χ4v) is 3.87. The monoisotopic (exact) mass is 404 g/mol. The topological polar surface area (TPSA) is 118 Å². The molecule has 0 aromatic heterocycles. The van der Waals surface area contributed by atoms with Gasteiger partial charge in [0.1, 0.15) is 6.04 Å². The Hall–Kier alpha value is -1.45. The minimum absolute atomic E-state index is 0.000543. The van der Waals surface area contributed by atoms with Crippen LogP contribution in [0.3, 0.4) is 0 Å². The average Bonchev–Trinajstić information content (AvgIpc) is 2.76. The van der Waals surface area contributed by atoms with Crippen LogP contribution in [0.15, 0.2) is 28.7 Å². The highest BCUT2D eigenvalue weighted by molar-refractivity contribution is 9.10. The number of hydrogen-bond donors (Lipinski definition) is 2. The van der Waals surface area contributed by atoms with E-state index in [1.165, 1.54) is 4.90 Å². The number of benzene rings is 1. The molecule has 7 nitrogen and oxygen atoms in total. The van der Waals surface area contributed by atoms with Crippen molar-refractivity contribution in [2.45, 2.75) is 18.9 Å². The van der Waals surface area contributed by atoms with E-state index in [-0.39, 0.29) is 31.0 Å². The van der Waals surface area contributed by atoms with Gasteiger partial charge in [-0.15, -0.1) is 0 Å². The highest BCUT2D eigenvalue weighted by Crippen LogP contribution is 2.23. The second kappa shape index (κ2) is 6.98. The van der Waals surface area contributed by atoms with Crippen LogP contribution in [0.25, 0.3) is 0 Å². The summed E-state index contributed by atoms with van der Waals surface area (Å²) >= 11 is 3.30.